The fraction of sp³-hybridized carbons (Fsp3) is 0.304. The summed E-state index contributed by atoms with van der Waals surface area (Å²) in [5.74, 6) is -0.218. The topological polar surface area (TPSA) is 141 Å². The number of nitrogens with two attached hydrogens (primary N) is 1. The number of ether oxygens (including phenoxy) is 3. The van der Waals surface area contributed by atoms with Gasteiger partial charge in [-0.25, -0.2) is 10.2 Å². The molecular formula is C23H28N4O6. The van der Waals surface area contributed by atoms with Crippen LogP contribution >= 0.6 is 0 Å². The molecule has 0 aliphatic carbocycles. The molecule has 0 radical (unpaired) electrons. The van der Waals surface area contributed by atoms with E-state index in [1.165, 1.54) is 6.21 Å². The van der Waals surface area contributed by atoms with Gasteiger partial charge in [-0.2, -0.15) is 5.10 Å². The van der Waals surface area contributed by atoms with Gasteiger partial charge < -0.3 is 25.3 Å². The highest BCUT2D eigenvalue weighted by atomic mass is 16.5. The monoisotopic (exact) mass is 456 g/mol. The molecule has 10 nitrogen and oxygen atoms in total. The number of hydrazone groups is 1. The first-order valence-corrected chi connectivity index (χ1v) is 10.4. The van der Waals surface area contributed by atoms with E-state index in [-0.39, 0.29) is 19.6 Å². The molecule has 0 bridgehead atoms. The Hall–Kier alpha value is -4.08. The number of rotatable bonds is 12. The van der Waals surface area contributed by atoms with Gasteiger partial charge in [0.15, 0.2) is 18.1 Å². The number of primary amides is 1. The van der Waals surface area contributed by atoms with E-state index in [2.05, 4.69) is 15.8 Å². The van der Waals surface area contributed by atoms with Crippen molar-refractivity contribution in [1.82, 2.24) is 10.7 Å². The average molecular weight is 456 g/mol. The van der Waals surface area contributed by atoms with Gasteiger partial charge in [-0.3, -0.25) is 9.59 Å². The van der Waals surface area contributed by atoms with E-state index in [4.69, 9.17) is 19.9 Å². The highest BCUT2D eigenvalue weighted by Crippen LogP contribution is 2.28. The number of carbonyl (C=O) groups excluding carboxylic acids is 3. The van der Waals surface area contributed by atoms with E-state index in [9.17, 15) is 14.4 Å². The standard InChI is InChI=1S/C23H28N4O6/c1-3-31-20-12-16(10-11-19(20)33-15-21(24)28)14-25-27-22(29)13-18(26-23(30)32-4-2)17-8-6-5-7-9-17/h5-12,14,18H,3-4,13,15H2,1-2H3,(H2,24,28)(H,26,30)(H,27,29)/b25-14-/t18-/m1/s1. The second kappa shape index (κ2) is 13.4. The van der Waals surface area contributed by atoms with Crippen molar-refractivity contribution in [1.29, 1.82) is 0 Å². The third-order valence-corrected chi connectivity index (χ3v) is 4.20. The lowest BCUT2D eigenvalue weighted by molar-refractivity contribution is -0.121. The molecule has 0 heterocycles. The highest BCUT2D eigenvalue weighted by molar-refractivity contribution is 5.84. The molecule has 0 fully saturated rings. The number of hydrogen-bond donors (Lipinski definition) is 3. The van der Waals surface area contributed by atoms with Crippen LogP contribution in [0, 0.1) is 0 Å². The van der Waals surface area contributed by atoms with E-state index < -0.39 is 23.9 Å². The van der Waals surface area contributed by atoms with Crippen LogP contribution in [0.1, 0.15) is 37.4 Å². The van der Waals surface area contributed by atoms with Crippen molar-refractivity contribution in [3.8, 4) is 11.5 Å². The summed E-state index contributed by atoms with van der Waals surface area (Å²) in [6.45, 7) is 3.85. The van der Waals surface area contributed by atoms with Crippen LogP contribution in [0.25, 0.3) is 0 Å². The van der Waals surface area contributed by atoms with Gasteiger partial charge >= 0.3 is 6.09 Å². The summed E-state index contributed by atoms with van der Waals surface area (Å²) in [5.41, 5.74) is 8.95. The maximum absolute atomic E-state index is 12.4. The van der Waals surface area contributed by atoms with Gasteiger partial charge in [0, 0.05) is 0 Å². The van der Waals surface area contributed by atoms with Crippen LogP contribution < -0.4 is 25.9 Å². The second-order valence-electron chi connectivity index (χ2n) is 6.72. The van der Waals surface area contributed by atoms with Gasteiger partial charge in [-0.15, -0.1) is 0 Å². The maximum Gasteiger partial charge on any atom is 0.407 e. The highest BCUT2D eigenvalue weighted by Gasteiger charge is 2.18. The largest absolute Gasteiger partial charge is 0.490 e. The first-order valence-electron chi connectivity index (χ1n) is 10.4. The maximum atomic E-state index is 12.4. The third kappa shape index (κ3) is 8.90. The van der Waals surface area contributed by atoms with E-state index in [0.717, 1.165) is 5.56 Å². The summed E-state index contributed by atoms with van der Waals surface area (Å²) in [6.07, 6.45) is 0.795. The van der Waals surface area contributed by atoms with E-state index in [0.29, 0.717) is 23.7 Å². The minimum absolute atomic E-state index is 0.0374. The first-order chi connectivity index (χ1) is 15.9. The molecule has 2 aromatic rings. The molecule has 176 valence electrons. The van der Waals surface area contributed by atoms with Crippen molar-refractivity contribution in [3.05, 3.63) is 59.7 Å². The molecule has 0 aliphatic heterocycles. The zero-order chi connectivity index (χ0) is 24.1. The van der Waals surface area contributed by atoms with Gasteiger partial charge in [0.1, 0.15) is 0 Å². The Balaban J connectivity index is 2.02. The Labute approximate surface area is 192 Å². The van der Waals surface area contributed by atoms with Gasteiger partial charge in [-0.05, 0) is 43.2 Å². The van der Waals surface area contributed by atoms with Gasteiger partial charge in [0.05, 0.1) is 31.9 Å². The van der Waals surface area contributed by atoms with Crippen molar-refractivity contribution in [2.75, 3.05) is 19.8 Å². The number of nitrogens with one attached hydrogen (secondary N) is 2. The molecule has 10 heteroatoms. The van der Waals surface area contributed by atoms with Crippen LogP contribution in [0.4, 0.5) is 4.79 Å². The molecule has 0 saturated carbocycles. The molecule has 0 spiro atoms. The lowest BCUT2D eigenvalue weighted by Gasteiger charge is -2.18. The zero-order valence-corrected chi connectivity index (χ0v) is 18.6. The number of amides is 3. The predicted octanol–water partition coefficient (Wildman–Crippen LogP) is 2.28. The fourth-order valence-corrected chi connectivity index (χ4v) is 2.80. The van der Waals surface area contributed by atoms with Crippen molar-refractivity contribution < 1.29 is 28.6 Å². The van der Waals surface area contributed by atoms with Gasteiger partial charge in [-0.1, -0.05) is 30.3 Å². The van der Waals surface area contributed by atoms with Crippen LogP contribution in [0.2, 0.25) is 0 Å². The second-order valence-corrected chi connectivity index (χ2v) is 6.72. The quantitative estimate of drug-likeness (QED) is 0.330. The molecule has 0 saturated heterocycles. The number of alkyl carbamates (subject to hydrolysis) is 1. The van der Waals surface area contributed by atoms with Crippen LogP contribution in [0.15, 0.2) is 53.6 Å². The average Bonchev–Trinajstić information content (AvgIpc) is 2.79. The van der Waals surface area contributed by atoms with Crippen LogP contribution in [-0.4, -0.2) is 43.9 Å². The number of hydrogen-bond acceptors (Lipinski definition) is 7. The number of benzene rings is 2. The van der Waals surface area contributed by atoms with Crippen molar-refractivity contribution in [2.45, 2.75) is 26.3 Å². The van der Waals surface area contributed by atoms with Gasteiger partial charge in [0.25, 0.3) is 5.91 Å². The third-order valence-electron chi connectivity index (χ3n) is 4.20. The summed E-state index contributed by atoms with van der Waals surface area (Å²) in [5, 5.41) is 6.65. The summed E-state index contributed by atoms with van der Waals surface area (Å²) in [6, 6.07) is 13.5. The molecule has 0 unspecified atom stereocenters. The summed E-state index contributed by atoms with van der Waals surface area (Å²) in [7, 11) is 0. The van der Waals surface area contributed by atoms with Crippen molar-refractivity contribution >= 4 is 24.1 Å². The lowest BCUT2D eigenvalue weighted by atomic mass is 10.0. The molecule has 33 heavy (non-hydrogen) atoms. The molecule has 3 amide bonds. The van der Waals surface area contributed by atoms with Gasteiger partial charge in [0.2, 0.25) is 5.91 Å². The summed E-state index contributed by atoms with van der Waals surface area (Å²) < 4.78 is 15.8. The van der Waals surface area contributed by atoms with Crippen LogP contribution in [0.5, 0.6) is 11.5 Å². The smallest absolute Gasteiger partial charge is 0.407 e. The fourth-order valence-electron chi connectivity index (χ4n) is 2.80. The molecular weight excluding hydrogens is 428 g/mol. The molecule has 1 atom stereocenters. The molecule has 0 aliphatic rings. The van der Waals surface area contributed by atoms with E-state index in [1.54, 1.807) is 25.1 Å². The normalized spacial score (nSPS) is 11.5. The Morgan fingerprint density at radius 2 is 1.79 bits per heavy atom. The van der Waals surface area contributed by atoms with Crippen molar-refractivity contribution in [2.24, 2.45) is 10.8 Å². The summed E-state index contributed by atoms with van der Waals surface area (Å²) in [4.78, 5) is 35.2. The molecule has 4 N–H and O–H groups in total. The summed E-state index contributed by atoms with van der Waals surface area (Å²) >= 11 is 0. The molecule has 2 rings (SSSR count). The lowest BCUT2D eigenvalue weighted by Crippen LogP contribution is -2.33. The Bertz CT molecular complexity index is 965. The van der Waals surface area contributed by atoms with Crippen LogP contribution in [0.3, 0.4) is 0 Å². The Kier molecular flexibility index (Phi) is 10.2. The van der Waals surface area contributed by atoms with Crippen LogP contribution in [-0.2, 0) is 14.3 Å². The minimum Gasteiger partial charge on any atom is -0.490 e. The first kappa shape index (κ1) is 25.2. The van der Waals surface area contributed by atoms with Crippen molar-refractivity contribution in [3.63, 3.8) is 0 Å². The predicted molar refractivity (Wildman–Crippen MR) is 122 cm³/mol. The van der Waals surface area contributed by atoms with E-state index in [1.807, 2.05) is 37.3 Å². The number of nitrogens with zero attached hydrogens (tertiary/aromatic N) is 1. The Morgan fingerprint density at radius 1 is 1.03 bits per heavy atom. The molecule has 0 aromatic heterocycles. The molecule has 2 aromatic carbocycles. The Morgan fingerprint density at radius 3 is 2.45 bits per heavy atom. The SMILES string of the molecule is CCOC(=O)N[C@H](CC(=O)N/N=C\c1ccc(OCC(N)=O)c(OCC)c1)c1ccccc1. The zero-order valence-electron chi connectivity index (χ0n) is 18.6. The van der Waals surface area contributed by atoms with E-state index >= 15 is 0 Å². The number of carbonyl (C=O) groups is 3. The minimum atomic E-state index is -0.607.